The van der Waals surface area contributed by atoms with Crippen molar-refractivity contribution >= 4 is 34.2 Å². The minimum Gasteiger partial charge on any atom is -0.367 e. The van der Waals surface area contributed by atoms with Crippen LogP contribution in [0.3, 0.4) is 0 Å². The van der Waals surface area contributed by atoms with Crippen molar-refractivity contribution in [3.8, 4) is 0 Å². The molecule has 0 amide bonds. The average Bonchev–Trinajstić information content (AvgIpc) is 2.41. The van der Waals surface area contributed by atoms with Crippen LogP contribution in [0.25, 0.3) is 0 Å². The lowest BCUT2D eigenvalue weighted by Gasteiger charge is -2.23. The summed E-state index contributed by atoms with van der Waals surface area (Å²) in [5.74, 6) is 8.26. The van der Waals surface area contributed by atoms with Gasteiger partial charge in [-0.1, -0.05) is 11.8 Å². The van der Waals surface area contributed by atoms with Gasteiger partial charge in [0.05, 0.1) is 0 Å². The molecule has 1 aromatic rings. The molecule has 1 fully saturated rings. The van der Waals surface area contributed by atoms with Crippen LogP contribution in [0.4, 0.5) is 11.6 Å². The monoisotopic (exact) mass is 287 g/mol. The van der Waals surface area contributed by atoms with E-state index in [1.165, 1.54) is 11.8 Å². The molecule has 1 aromatic heterocycles. The summed E-state index contributed by atoms with van der Waals surface area (Å²) >= 11 is 1.47. The first-order chi connectivity index (χ1) is 8.71. The second-order valence-corrected chi connectivity index (χ2v) is 6.51. The number of aromatic nitrogens is 2. The van der Waals surface area contributed by atoms with Crippen molar-refractivity contribution in [2.45, 2.75) is 24.0 Å². The molecule has 2 rings (SSSR count). The number of nitrogen functional groups attached to an aromatic ring is 1. The second-order valence-electron chi connectivity index (χ2n) is 4.04. The predicted molar refractivity (Wildman–Crippen MR) is 76.1 cm³/mol. The van der Waals surface area contributed by atoms with Gasteiger partial charge in [-0.15, -0.1) is 0 Å². The number of hydrazine groups is 1. The lowest BCUT2D eigenvalue weighted by atomic mass is 10.1. The lowest BCUT2D eigenvalue weighted by Crippen LogP contribution is -2.29. The molecule has 0 saturated carbocycles. The maximum atomic E-state index is 11.3. The Morgan fingerprint density at radius 2 is 2.06 bits per heavy atom. The fourth-order valence-corrected chi connectivity index (χ4v) is 3.49. The van der Waals surface area contributed by atoms with Crippen LogP contribution >= 0.6 is 11.8 Å². The Labute approximate surface area is 113 Å². The van der Waals surface area contributed by atoms with E-state index in [1.54, 1.807) is 6.07 Å². The number of anilines is 2. The maximum Gasteiger partial charge on any atom is 0.191 e. The van der Waals surface area contributed by atoms with Crippen LogP contribution in [0.1, 0.15) is 12.8 Å². The SMILES string of the molecule is CSc1nc(NN)cc(NC2CCS(=O)CC2)n1. The van der Waals surface area contributed by atoms with Gasteiger partial charge in [-0.2, -0.15) is 0 Å². The lowest BCUT2D eigenvalue weighted by molar-refractivity contribution is 0.621. The van der Waals surface area contributed by atoms with Crippen molar-refractivity contribution in [2.75, 3.05) is 28.5 Å². The van der Waals surface area contributed by atoms with Crippen molar-refractivity contribution in [2.24, 2.45) is 5.84 Å². The predicted octanol–water partition coefficient (Wildman–Crippen LogP) is 0.807. The molecule has 0 spiro atoms. The van der Waals surface area contributed by atoms with Crippen molar-refractivity contribution in [3.05, 3.63) is 6.07 Å². The van der Waals surface area contributed by atoms with Crippen LogP contribution in [0.2, 0.25) is 0 Å². The molecule has 4 N–H and O–H groups in total. The summed E-state index contributed by atoms with van der Waals surface area (Å²) in [7, 11) is -0.640. The number of hydrogen-bond donors (Lipinski definition) is 3. The van der Waals surface area contributed by atoms with Gasteiger partial charge < -0.3 is 10.7 Å². The molecule has 0 aromatic carbocycles. The largest absolute Gasteiger partial charge is 0.367 e. The number of hydrogen-bond acceptors (Lipinski definition) is 7. The molecule has 1 saturated heterocycles. The molecule has 0 unspecified atom stereocenters. The van der Waals surface area contributed by atoms with Crippen LogP contribution < -0.4 is 16.6 Å². The van der Waals surface area contributed by atoms with Crippen molar-refractivity contribution in [3.63, 3.8) is 0 Å². The highest BCUT2D eigenvalue weighted by Crippen LogP contribution is 2.19. The van der Waals surface area contributed by atoms with Crippen LogP contribution in [0.5, 0.6) is 0 Å². The first-order valence-electron chi connectivity index (χ1n) is 5.72. The number of nitrogens with one attached hydrogen (secondary N) is 2. The molecular formula is C10H17N5OS2. The second kappa shape index (κ2) is 6.35. The summed E-state index contributed by atoms with van der Waals surface area (Å²) in [6.07, 6.45) is 3.75. The molecule has 1 aliphatic rings. The summed E-state index contributed by atoms with van der Waals surface area (Å²) in [5, 5.41) is 4.03. The van der Waals surface area contributed by atoms with Crippen LogP contribution in [0, 0.1) is 0 Å². The van der Waals surface area contributed by atoms with E-state index < -0.39 is 10.8 Å². The minimum absolute atomic E-state index is 0.331. The van der Waals surface area contributed by atoms with E-state index in [0.29, 0.717) is 17.0 Å². The molecular weight excluding hydrogens is 270 g/mol. The van der Waals surface area contributed by atoms with Crippen LogP contribution in [-0.2, 0) is 10.8 Å². The normalized spacial score (nSPS) is 23.7. The van der Waals surface area contributed by atoms with E-state index in [0.717, 1.165) is 30.2 Å². The van der Waals surface area contributed by atoms with Crippen LogP contribution in [0.15, 0.2) is 11.2 Å². The van der Waals surface area contributed by atoms with Gasteiger partial charge in [-0.3, -0.25) is 4.21 Å². The fraction of sp³-hybridized carbons (Fsp3) is 0.600. The first-order valence-corrected chi connectivity index (χ1v) is 8.43. The van der Waals surface area contributed by atoms with E-state index in [4.69, 9.17) is 5.84 Å². The van der Waals surface area contributed by atoms with Gasteiger partial charge in [0.2, 0.25) is 0 Å². The molecule has 2 heterocycles. The van der Waals surface area contributed by atoms with E-state index in [2.05, 4.69) is 20.7 Å². The molecule has 0 atom stereocenters. The topological polar surface area (TPSA) is 92.9 Å². The Balaban J connectivity index is 2.06. The highest BCUT2D eigenvalue weighted by atomic mass is 32.2. The molecule has 100 valence electrons. The fourth-order valence-electron chi connectivity index (χ4n) is 1.81. The van der Waals surface area contributed by atoms with Gasteiger partial charge >= 0.3 is 0 Å². The Kier molecular flexibility index (Phi) is 4.79. The van der Waals surface area contributed by atoms with E-state index in [1.807, 2.05) is 6.26 Å². The molecule has 1 aliphatic heterocycles. The molecule has 8 heteroatoms. The van der Waals surface area contributed by atoms with Gasteiger partial charge in [-0.05, 0) is 19.1 Å². The van der Waals surface area contributed by atoms with Gasteiger partial charge in [0, 0.05) is 34.4 Å². The zero-order chi connectivity index (χ0) is 13.0. The standard InChI is InChI=1S/C10H17N5OS2/c1-17-10-13-8(6-9(14-10)15-11)12-7-2-4-18(16)5-3-7/h6-7H,2-5,11H2,1H3,(H2,12,13,14,15). The number of nitrogens with two attached hydrogens (primary N) is 1. The van der Waals surface area contributed by atoms with Crippen molar-refractivity contribution in [1.29, 1.82) is 0 Å². The Morgan fingerprint density at radius 3 is 2.67 bits per heavy atom. The summed E-state index contributed by atoms with van der Waals surface area (Å²) in [6.45, 7) is 0. The molecule has 0 bridgehead atoms. The van der Waals surface area contributed by atoms with Gasteiger partial charge in [-0.25, -0.2) is 15.8 Å². The Bertz CT molecular complexity index is 410. The molecule has 0 aliphatic carbocycles. The smallest absolute Gasteiger partial charge is 0.191 e. The van der Waals surface area contributed by atoms with E-state index >= 15 is 0 Å². The highest BCUT2D eigenvalue weighted by molar-refractivity contribution is 7.98. The summed E-state index contributed by atoms with van der Waals surface area (Å²) in [6, 6.07) is 2.11. The van der Waals surface area contributed by atoms with Gasteiger partial charge in [0.1, 0.15) is 11.6 Å². The number of nitrogens with zero attached hydrogens (tertiary/aromatic N) is 2. The van der Waals surface area contributed by atoms with Gasteiger partial charge in [0.25, 0.3) is 0 Å². The van der Waals surface area contributed by atoms with Crippen LogP contribution in [-0.4, -0.2) is 38.0 Å². The zero-order valence-corrected chi connectivity index (χ0v) is 11.8. The van der Waals surface area contributed by atoms with E-state index in [-0.39, 0.29) is 0 Å². The van der Waals surface area contributed by atoms with Gasteiger partial charge in [0.15, 0.2) is 5.16 Å². The Hall–Kier alpha value is -0.860. The summed E-state index contributed by atoms with van der Waals surface area (Å²) in [5.41, 5.74) is 2.53. The van der Waals surface area contributed by atoms with Crippen molar-refractivity contribution in [1.82, 2.24) is 9.97 Å². The van der Waals surface area contributed by atoms with E-state index in [9.17, 15) is 4.21 Å². The minimum atomic E-state index is -0.640. The number of rotatable bonds is 4. The highest BCUT2D eigenvalue weighted by Gasteiger charge is 2.18. The Morgan fingerprint density at radius 1 is 1.39 bits per heavy atom. The molecule has 6 nitrogen and oxygen atoms in total. The quantitative estimate of drug-likeness (QED) is 0.326. The third kappa shape index (κ3) is 3.56. The third-order valence-electron chi connectivity index (χ3n) is 2.78. The zero-order valence-electron chi connectivity index (χ0n) is 10.2. The summed E-state index contributed by atoms with van der Waals surface area (Å²) < 4.78 is 11.3. The third-order valence-corrected chi connectivity index (χ3v) is 4.71. The summed E-state index contributed by atoms with van der Waals surface area (Å²) in [4.78, 5) is 8.58. The maximum absolute atomic E-state index is 11.3. The average molecular weight is 287 g/mol. The number of thioether (sulfide) groups is 1. The van der Waals surface area contributed by atoms with Crippen molar-refractivity contribution < 1.29 is 4.21 Å². The molecule has 18 heavy (non-hydrogen) atoms. The molecule has 0 radical (unpaired) electrons. The first kappa shape index (κ1) is 13.6.